The first-order chi connectivity index (χ1) is 11.0. The third-order valence-corrected chi connectivity index (χ3v) is 3.60. The van der Waals surface area contributed by atoms with E-state index in [0.29, 0.717) is 30.0 Å². The molecule has 0 bridgehead atoms. The van der Waals surface area contributed by atoms with Crippen molar-refractivity contribution in [2.45, 2.75) is 32.6 Å². The standard InChI is InChI=1S/C17H19ClN2O3/c1-17(2,3)16-20-19-15(23-16)14-10-11-12(21-9-5-8-18)6-4-7-13(11)22-14/h4,6-7,10H,5,8-9H2,1-3H3. The summed E-state index contributed by atoms with van der Waals surface area (Å²) in [7, 11) is 0. The largest absolute Gasteiger partial charge is 0.493 e. The van der Waals surface area contributed by atoms with Crippen LogP contribution in [0.4, 0.5) is 0 Å². The van der Waals surface area contributed by atoms with E-state index < -0.39 is 0 Å². The van der Waals surface area contributed by atoms with E-state index in [4.69, 9.17) is 25.2 Å². The van der Waals surface area contributed by atoms with Crippen LogP contribution in [0.2, 0.25) is 0 Å². The number of hydrogen-bond donors (Lipinski definition) is 0. The van der Waals surface area contributed by atoms with Crippen LogP contribution in [-0.2, 0) is 5.41 Å². The van der Waals surface area contributed by atoms with E-state index in [2.05, 4.69) is 10.2 Å². The molecule has 5 nitrogen and oxygen atoms in total. The highest BCUT2D eigenvalue weighted by atomic mass is 35.5. The summed E-state index contributed by atoms with van der Waals surface area (Å²) >= 11 is 5.68. The second-order valence-electron chi connectivity index (χ2n) is 6.33. The Morgan fingerprint density at radius 3 is 2.70 bits per heavy atom. The Kier molecular flexibility index (Phi) is 4.31. The van der Waals surface area contributed by atoms with Gasteiger partial charge in [0.15, 0.2) is 5.76 Å². The summed E-state index contributed by atoms with van der Waals surface area (Å²) < 4.78 is 17.3. The fourth-order valence-electron chi connectivity index (χ4n) is 2.13. The van der Waals surface area contributed by atoms with Crippen LogP contribution < -0.4 is 4.74 Å². The van der Waals surface area contributed by atoms with Crippen LogP contribution in [0.25, 0.3) is 22.6 Å². The van der Waals surface area contributed by atoms with Crippen molar-refractivity contribution >= 4 is 22.6 Å². The zero-order valence-electron chi connectivity index (χ0n) is 13.4. The van der Waals surface area contributed by atoms with E-state index in [1.54, 1.807) is 0 Å². The average molecular weight is 335 g/mol. The monoisotopic (exact) mass is 334 g/mol. The molecule has 3 rings (SSSR count). The highest BCUT2D eigenvalue weighted by Gasteiger charge is 2.23. The number of ether oxygens (including phenoxy) is 1. The fourth-order valence-corrected chi connectivity index (χ4v) is 2.24. The van der Waals surface area contributed by atoms with E-state index in [-0.39, 0.29) is 5.41 Å². The van der Waals surface area contributed by atoms with Gasteiger partial charge in [0.05, 0.1) is 12.0 Å². The Hall–Kier alpha value is -2.01. The number of nitrogens with zero attached hydrogens (tertiary/aromatic N) is 2. The Morgan fingerprint density at radius 1 is 1.17 bits per heavy atom. The lowest BCUT2D eigenvalue weighted by Crippen LogP contribution is -2.11. The molecule has 1 aromatic carbocycles. The minimum absolute atomic E-state index is 0.201. The average Bonchev–Trinajstić information content (AvgIpc) is 3.14. The lowest BCUT2D eigenvalue weighted by molar-refractivity contribution is 0.322. The van der Waals surface area contributed by atoms with Crippen LogP contribution >= 0.6 is 11.6 Å². The number of rotatable bonds is 5. The third-order valence-electron chi connectivity index (χ3n) is 3.33. The van der Waals surface area contributed by atoms with Gasteiger partial charge in [-0.2, -0.15) is 0 Å². The van der Waals surface area contributed by atoms with Gasteiger partial charge in [0.2, 0.25) is 5.89 Å². The van der Waals surface area contributed by atoms with Gasteiger partial charge in [-0.1, -0.05) is 26.8 Å². The molecular formula is C17H19ClN2O3. The highest BCUT2D eigenvalue weighted by molar-refractivity contribution is 6.17. The van der Waals surface area contributed by atoms with Crippen LogP contribution in [0.1, 0.15) is 33.1 Å². The summed E-state index contributed by atoms with van der Waals surface area (Å²) in [5, 5.41) is 9.06. The van der Waals surface area contributed by atoms with Crippen LogP contribution in [0.15, 0.2) is 33.1 Å². The molecule has 0 unspecified atom stereocenters. The van der Waals surface area contributed by atoms with E-state index in [1.807, 2.05) is 45.0 Å². The molecule has 0 saturated heterocycles. The van der Waals surface area contributed by atoms with Crippen molar-refractivity contribution < 1.29 is 13.6 Å². The summed E-state index contributed by atoms with van der Waals surface area (Å²) in [5.41, 5.74) is 0.520. The molecule has 0 atom stereocenters. The molecule has 0 fully saturated rings. The van der Waals surface area contributed by atoms with Crippen molar-refractivity contribution in [1.82, 2.24) is 10.2 Å². The number of hydrogen-bond acceptors (Lipinski definition) is 5. The minimum atomic E-state index is -0.201. The molecule has 3 aromatic rings. The maximum absolute atomic E-state index is 5.82. The molecule has 122 valence electrons. The molecule has 0 aliphatic carbocycles. The summed E-state index contributed by atoms with van der Waals surface area (Å²) in [6.45, 7) is 6.63. The van der Waals surface area contributed by atoms with Crippen molar-refractivity contribution in [1.29, 1.82) is 0 Å². The van der Waals surface area contributed by atoms with Gasteiger partial charge in [0, 0.05) is 17.4 Å². The van der Waals surface area contributed by atoms with Gasteiger partial charge in [-0.3, -0.25) is 0 Å². The maximum atomic E-state index is 5.82. The zero-order valence-corrected chi connectivity index (χ0v) is 14.2. The van der Waals surface area contributed by atoms with Crippen molar-refractivity contribution in [2.24, 2.45) is 0 Å². The van der Waals surface area contributed by atoms with Gasteiger partial charge < -0.3 is 13.6 Å². The van der Waals surface area contributed by atoms with Crippen molar-refractivity contribution in [3.8, 4) is 17.4 Å². The smallest absolute Gasteiger partial charge is 0.283 e. The van der Waals surface area contributed by atoms with Crippen LogP contribution in [0.3, 0.4) is 0 Å². The quantitative estimate of drug-likeness (QED) is 0.496. The third kappa shape index (κ3) is 3.34. The summed E-state index contributed by atoms with van der Waals surface area (Å²) in [6.07, 6.45) is 0.793. The molecule has 2 aromatic heterocycles. The van der Waals surface area contributed by atoms with Crippen molar-refractivity contribution in [3.05, 3.63) is 30.2 Å². The molecule has 0 saturated carbocycles. The SMILES string of the molecule is CC(C)(C)c1nnc(-c2cc3c(OCCCCl)cccc3o2)o1. The number of fused-ring (bicyclic) bond motifs is 1. The second-order valence-corrected chi connectivity index (χ2v) is 6.71. The van der Waals surface area contributed by atoms with E-state index in [0.717, 1.165) is 23.1 Å². The van der Waals surface area contributed by atoms with Gasteiger partial charge in [0.1, 0.15) is 11.3 Å². The maximum Gasteiger partial charge on any atom is 0.283 e. The normalized spacial score (nSPS) is 12.0. The number of benzene rings is 1. The number of alkyl halides is 1. The lowest BCUT2D eigenvalue weighted by Gasteiger charge is -2.10. The van der Waals surface area contributed by atoms with Crippen LogP contribution in [0, 0.1) is 0 Å². The highest BCUT2D eigenvalue weighted by Crippen LogP contribution is 2.34. The predicted octanol–water partition coefficient (Wildman–Crippen LogP) is 4.79. The Balaban J connectivity index is 1.93. The van der Waals surface area contributed by atoms with E-state index in [1.165, 1.54) is 0 Å². The number of halogens is 1. The molecule has 0 radical (unpaired) electrons. The first kappa shape index (κ1) is 15.9. The van der Waals surface area contributed by atoms with Gasteiger partial charge in [-0.15, -0.1) is 21.8 Å². The summed E-state index contributed by atoms with van der Waals surface area (Å²) in [5.74, 6) is 2.82. The molecule has 0 spiro atoms. The van der Waals surface area contributed by atoms with E-state index in [9.17, 15) is 0 Å². The first-order valence-electron chi connectivity index (χ1n) is 7.55. The lowest BCUT2D eigenvalue weighted by atomic mass is 9.97. The predicted molar refractivity (Wildman–Crippen MR) is 89.0 cm³/mol. The molecule has 0 aliphatic heterocycles. The first-order valence-corrected chi connectivity index (χ1v) is 8.08. The Labute approximate surface area is 139 Å². The fraction of sp³-hybridized carbons (Fsp3) is 0.412. The molecule has 6 heteroatoms. The molecule has 0 N–H and O–H groups in total. The molecule has 0 aliphatic rings. The van der Waals surface area contributed by atoms with Gasteiger partial charge in [0.25, 0.3) is 5.89 Å². The van der Waals surface area contributed by atoms with Crippen LogP contribution in [-0.4, -0.2) is 22.7 Å². The molecule has 2 heterocycles. The second kappa shape index (κ2) is 6.24. The number of furan rings is 1. The summed E-state index contributed by atoms with van der Waals surface area (Å²) in [4.78, 5) is 0. The molecule has 0 amide bonds. The van der Waals surface area contributed by atoms with E-state index >= 15 is 0 Å². The van der Waals surface area contributed by atoms with Gasteiger partial charge in [-0.05, 0) is 18.6 Å². The van der Waals surface area contributed by atoms with Crippen molar-refractivity contribution in [3.63, 3.8) is 0 Å². The topological polar surface area (TPSA) is 61.3 Å². The minimum Gasteiger partial charge on any atom is -0.493 e. The molecule has 23 heavy (non-hydrogen) atoms. The van der Waals surface area contributed by atoms with Crippen LogP contribution in [0.5, 0.6) is 5.75 Å². The Morgan fingerprint density at radius 2 is 2.00 bits per heavy atom. The van der Waals surface area contributed by atoms with Gasteiger partial charge in [-0.25, -0.2) is 0 Å². The van der Waals surface area contributed by atoms with Crippen molar-refractivity contribution in [2.75, 3.05) is 12.5 Å². The molecular weight excluding hydrogens is 316 g/mol. The summed E-state index contributed by atoms with van der Waals surface area (Å²) in [6, 6.07) is 7.55. The zero-order chi connectivity index (χ0) is 16.4. The van der Waals surface area contributed by atoms with Gasteiger partial charge >= 0.3 is 0 Å². The Bertz CT molecular complexity index is 802. The number of aromatic nitrogens is 2.